The van der Waals surface area contributed by atoms with Gasteiger partial charge in [-0.2, -0.15) is 0 Å². The molecular weight excluding hydrogens is 265 g/mol. The fourth-order valence-electron chi connectivity index (χ4n) is 2.40. The van der Waals surface area contributed by atoms with Crippen molar-refractivity contribution in [3.05, 3.63) is 59.7 Å². The molecule has 110 valence electrons. The molecule has 0 spiro atoms. The number of nitrogens with zero attached hydrogens (tertiary/aromatic N) is 1. The smallest absolute Gasteiger partial charge is 0.488 e. The second-order valence-corrected chi connectivity index (χ2v) is 5.06. The van der Waals surface area contributed by atoms with Crippen LogP contribution in [0, 0.1) is 0 Å². The third-order valence-electron chi connectivity index (χ3n) is 3.41. The highest BCUT2D eigenvalue weighted by Gasteiger charge is 2.16. The van der Waals surface area contributed by atoms with Gasteiger partial charge in [0.1, 0.15) is 5.75 Å². The van der Waals surface area contributed by atoms with E-state index in [1.54, 1.807) is 19.2 Å². The first-order valence-corrected chi connectivity index (χ1v) is 6.86. The van der Waals surface area contributed by atoms with Crippen LogP contribution in [-0.4, -0.2) is 36.2 Å². The van der Waals surface area contributed by atoms with E-state index in [1.165, 1.54) is 0 Å². The van der Waals surface area contributed by atoms with Crippen LogP contribution in [0.15, 0.2) is 48.5 Å². The first kappa shape index (κ1) is 15.6. The van der Waals surface area contributed by atoms with Gasteiger partial charge >= 0.3 is 7.12 Å². The van der Waals surface area contributed by atoms with Crippen molar-refractivity contribution >= 4 is 12.6 Å². The molecule has 0 aliphatic heterocycles. The van der Waals surface area contributed by atoms with Gasteiger partial charge < -0.3 is 14.8 Å². The van der Waals surface area contributed by atoms with Crippen LogP contribution >= 0.6 is 0 Å². The Morgan fingerprint density at radius 2 is 1.52 bits per heavy atom. The summed E-state index contributed by atoms with van der Waals surface area (Å²) in [5.41, 5.74) is 2.55. The molecule has 0 saturated heterocycles. The summed E-state index contributed by atoms with van der Waals surface area (Å²) in [6.07, 6.45) is 0. The summed E-state index contributed by atoms with van der Waals surface area (Å²) in [6.45, 7) is 1.35. The average Bonchev–Trinajstić information content (AvgIpc) is 2.48. The summed E-state index contributed by atoms with van der Waals surface area (Å²) < 4.78 is 5.35. The topological polar surface area (TPSA) is 52.9 Å². The molecule has 2 rings (SSSR count). The molecule has 2 aromatic carbocycles. The summed E-state index contributed by atoms with van der Waals surface area (Å²) in [5.74, 6) is 0.861. The zero-order chi connectivity index (χ0) is 15.2. The Hall–Kier alpha value is -1.82. The van der Waals surface area contributed by atoms with Crippen LogP contribution in [0.1, 0.15) is 11.1 Å². The molecule has 0 unspecified atom stereocenters. The number of benzene rings is 2. The van der Waals surface area contributed by atoms with Crippen LogP contribution in [0.2, 0.25) is 0 Å². The third-order valence-corrected chi connectivity index (χ3v) is 3.41. The Balaban J connectivity index is 2.10. The maximum Gasteiger partial charge on any atom is 0.488 e. The van der Waals surface area contributed by atoms with Crippen molar-refractivity contribution in [3.8, 4) is 5.75 Å². The molecule has 0 fully saturated rings. The van der Waals surface area contributed by atoms with Gasteiger partial charge in [0.25, 0.3) is 0 Å². The standard InChI is InChI=1S/C16H20BNO3/c1-18(12-14-8-4-6-10-16(14)21-2)11-13-7-3-5-9-15(13)17(19)20/h3-10,19-20H,11-12H2,1-2H3. The number of para-hydroxylation sites is 1. The minimum atomic E-state index is -1.44. The van der Waals surface area contributed by atoms with Crippen LogP contribution in [0.5, 0.6) is 5.75 Å². The van der Waals surface area contributed by atoms with Gasteiger partial charge in [-0.15, -0.1) is 0 Å². The van der Waals surface area contributed by atoms with Crippen molar-refractivity contribution in [2.45, 2.75) is 13.1 Å². The van der Waals surface area contributed by atoms with Gasteiger partial charge in [0.2, 0.25) is 0 Å². The van der Waals surface area contributed by atoms with Gasteiger partial charge in [-0.1, -0.05) is 42.5 Å². The van der Waals surface area contributed by atoms with Crippen molar-refractivity contribution in [1.82, 2.24) is 4.90 Å². The zero-order valence-corrected chi connectivity index (χ0v) is 12.4. The molecule has 0 aliphatic rings. The highest BCUT2D eigenvalue weighted by molar-refractivity contribution is 6.59. The lowest BCUT2D eigenvalue weighted by Crippen LogP contribution is -2.34. The first-order valence-electron chi connectivity index (χ1n) is 6.86. The summed E-state index contributed by atoms with van der Waals surface area (Å²) >= 11 is 0. The minimum absolute atomic E-state index is 0.546. The van der Waals surface area contributed by atoms with Crippen LogP contribution in [0.3, 0.4) is 0 Å². The van der Waals surface area contributed by atoms with Crippen LogP contribution in [0.4, 0.5) is 0 Å². The van der Waals surface area contributed by atoms with E-state index in [0.29, 0.717) is 12.0 Å². The van der Waals surface area contributed by atoms with Crippen LogP contribution in [0.25, 0.3) is 0 Å². The van der Waals surface area contributed by atoms with Gasteiger partial charge in [-0.3, -0.25) is 4.90 Å². The van der Waals surface area contributed by atoms with Crippen molar-refractivity contribution in [1.29, 1.82) is 0 Å². The Morgan fingerprint density at radius 3 is 2.19 bits per heavy atom. The monoisotopic (exact) mass is 285 g/mol. The number of methoxy groups -OCH3 is 1. The van der Waals surface area contributed by atoms with Gasteiger partial charge in [0.05, 0.1) is 7.11 Å². The molecule has 0 atom stereocenters. The van der Waals surface area contributed by atoms with Gasteiger partial charge in [-0.25, -0.2) is 0 Å². The van der Waals surface area contributed by atoms with Gasteiger partial charge in [0.15, 0.2) is 0 Å². The van der Waals surface area contributed by atoms with E-state index >= 15 is 0 Å². The number of hydrogen-bond donors (Lipinski definition) is 2. The fraction of sp³-hybridized carbons (Fsp3) is 0.250. The Labute approximate surface area is 125 Å². The van der Waals surface area contributed by atoms with Crippen molar-refractivity contribution < 1.29 is 14.8 Å². The summed E-state index contributed by atoms with van der Waals surface area (Å²) in [7, 11) is 2.21. The van der Waals surface area contributed by atoms with E-state index in [0.717, 1.165) is 23.4 Å². The largest absolute Gasteiger partial charge is 0.496 e. The molecule has 0 bridgehead atoms. The third kappa shape index (κ3) is 4.08. The second-order valence-electron chi connectivity index (χ2n) is 5.06. The Kier molecular flexibility index (Phi) is 5.39. The summed E-state index contributed by atoms with van der Waals surface area (Å²) in [5, 5.41) is 18.8. The van der Waals surface area contributed by atoms with Crippen molar-refractivity contribution in [2.24, 2.45) is 0 Å². The van der Waals surface area contributed by atoms with E-state index in [-0.39, 0.29) is 0 Å². The molecule has 2 N–H and O–H groups in total. The molecule has 0 amide bonds. The fourth-order valence-corrected chi connectivity index (χ4v) is 2.40. The maximum absolute atomic E-state index is 9.41. The Bertz CT molecular complexity index is 589. The lowest BCUT2D eigenvalue weighted by Gasteiger charge is -2.20. The predicted octanol–water partition coefficient (Wildman–Crippen LogP) is 1.01. The highest BCUT2D eigenvalue weighted by atomic mass is 16.5. The quantitative estimate of drug-likeness (QED) is 0.778. The molecule has 5 heteroatoms. The number of hydrogen-bond acceptors (Lipinski definition) is 4. The predicted molar refractivity (Wildman–Crippen MR) is 84.4 cm³/mol. The van der Waals surface area contributed by atoms with E-state index < -0.39 is 7.12 Å². The molecular formula is C16H20BNO3. The average molecular weight is 285 g/mol. The molecule has 0 heterocycles. The number of ether oxygens (including phenoxy) is 1. The summed E-state index contributed by atoms with van der Waals surface area (Å²) in [4.78, 5) is 2.11. The van der Waals surface area contributed by atoms with Crippen LogP contribution in [-0.2, 0) is 13.1 Å². The molecule has 0 aliphatic carbocycles. The molecule has 4 nitrogen and oxygen atoms in total. The van der Waals surface area contributed by atoms with Crippen molar-refractivity contribution in [2.75, 3.05) is 14.2 Å². The van der Waals surface area contributed by atoms with E-state index in [1.807, 2.05) is 43.4 Å². The van der Waals surface area contributed by atoms with E-state index in [9.17, 15) is 10.0 Å². The van der Waals surface area contributed by atoms with E-state index in [2.05, 4.69) is 4.90 Å². The van der Waals surface area contributed by atoms with E-state index in [4.69, 9.17) is 4.74 Å². The lowest BCUT2D eigenvalue weighted by atomic mass is 9.77. The molecule has 0 aromatic heterocycles. The zero-order valence-electron chi connectivity index (χ0n) is 12.4. The van der Waals surface area contributed by atoms with Crippen molar-refractivity contribution in [3.63, 3.8) is 0 Å². The molecule has 0 saturated carbocycles. The lowest BCUT2D eigenvalue weighted by molar-refractivity contribution is 0.310. The SMILES string of the molecule is COc1ccccc1CN(C)Cc1ccccc1B(O)O. The van der Waals surface area contributed by atoms with Gasteiger partial charge in [0, 0.05) is 18.7 Å². The minimum Gasteiger partial charge on any atom is -0.496 e. The van der Waals surface area contributed by atoms with Crippen LogP contribution < -0.4 is 10.2 Å². The maximum atomic E-state index is 9.41. The summed E-state index contributed by atoms with van der Waals surface area (Å²) in [6, 6.07) is 15.2. The molecule has 2 aromatic rings. The second kappa shape index (κ2) is 7.27. The highest BCUT2D eigenvalue weighted by Crippen LogP contribution is 2.19. The molecule has 21 heavy (non-hydrogen) atoms. The Morgan fingerprint density at radius 1 is 0.952 bits per heavy atom. The molecule has 0 radical (unpaired) electrons. The van der Waals surface area contributed by atoms with Gasteiger partial charge in [-0.05, 0) is 24.1 Å². The normalized spacial score (nSPS) is 10.7. The number of rotatable bonds is 6. The first-order chi connectivity index (χ1) is 10.1.